The first-order valence-electron chi connectivity index (χ1n) is 7.99. The maximum absolute atomic E-state index is 11.9. The van der Waals surface area contributed by atoms with E-state index in [1.807, 2.05) is 5.01 Å². The first-order chi connectivity index (χ1) is 12.5. The number of hydrogen-bond acceptors (Lipinski definition) is 11. The number of ether oxygens (including phenoxy) is 3. The lowest BCUT2D eigenvalue weighted by Gasteiger charge is -2.38. The van der Waals surface area contributed by atoms with Crippen LogP contribution in [0.5, 0.6) is 0 Å². The van der Waals surface area contributed by atoms with Crippen molar-refractivity contribution in [2.45, 2.75) is 30.7 Å². The van der Waals surface area contributed by atoms with Crippen molar-refractivity contribution in [3.63, 3.8) is 0 Å². The number of anilines is 1. The Balaban J connectivity index is 1.56. The van der Waals surface area contributed by atoms with Gasteiger partial charge in [-0.2, -0.15) is 0 Å². The number of aliphatic hydroxyl groups excluding tert-OH is 4. The molecule has 0 aliphatic carbocycles. The molecule has 0 aromatic carbocycles. The Morgan fingerprint density at radius 2 is 2.04 bits per heavy atom. The Morgan fingerprint density at radius 3 is 2.73 bits per heavy atom. The summed E-state index contributed by atoms with van der Waals surface area (Å²) in [6.45, 7) is 1.66. The van der Waals surface area contributed by atoms with Crippen LogP contribution >= 0.6 is 0 Å². The summed E-state index contributed by atoms with van der Waals surface area (Å²) in [6, 6.07) is 0. The molecule has 2 aliphatic rings. The lowest BCUT2D eigenvalue weighted by molar-refractivity contribution is -0.759. The van der Waals surface area contributed by atoms with E-state index in [0.717, 1.165) is 0 Å². The summed E-state index contributed by atoms with van der Waals surface area (Å²) in [5.41, 5.74) is 0. The molecule has 0 spiro atoms. The average Bonchev–Trinajstić information content (AvgIpc) is 3.11. The molecule has 0 unspecified atom stereocenters. The largest absolute Gasteiger partial charge is 0.416 e. The molecule has 146 valence electrons. The normalized spacial score (nSPS) is 32.3. The molecule has 2 aliphatic heterocycles. The van der Waals surface area contributed by atoms with Crippen molar-refractivity contribution < 1.29 is 48.7 Å². The number of carbonyl (C=O) groups excluding carboxylic acids is 1. The van der Waals surface area contributed by atoms with E-state index in [4.69, 9.17) is 23.8 Å². The van der Waals surface area contributed by atoms with Crippen LogP contribution in [0.25, 0.3) is 0 Å². The van der Waals surface area contributed by atoms with Crippen molar-refractivity contribution in [3.8, 4) is 0 Å². The lowest BCUT2D eigenvalue weighted by atomic mass is 9.99. The van der Waals surface area contributed by atoms with Gasteiger partial charge in [-0.15, -0.1) is 5.01 Å². The third-order valence-corrected chi connectivity index (χ3v) is 4.03. The van der Waals surface area contributed by atoms with Crippen molar-refractivity contribution in [1.29, 1.82) is 0 Å². The number of aromatic nitrogens is 2. The Bertz CT molecular complexity index is 606. The van der Waals surface area contributed by atoms with Gasteiger partial charge >= 0.3 is 12.0 Å². The van der Waals surface area contributed by atoms with Crippen molar-refractivity contribution in [2.24, 2.45) is 0 Å². The SMILES string of the molecule is O=C(Nc1c[n+](N2CCOCC2)no1)O[C@@H]1O[C@H](CO)[C@H](O)[C@H](O)[C@H]1O. The molecular weight excluding hydrogens is 356 g/mol. The summed E-state index contributed by atoms with van der Waals surface area (Å²) in [5, 5.41) is 46.1. The van der Waals surface area contributed by atoms with Crippen molar-refractivity contribution in [2.75, 3.05) is 43.2 Å². The smallest absolute Gasteiger partial charge is 0.416 e. The Morgan fingerprint density at radius 1 is 1.31 bits per heavy atom. The number of hydrogen-bond donors (Lipinski definition) is 5. The van der Waals surface area contributed by atoms with E-state index in [2.05, 4.69) is 10.6 Å². The number of aliphatic hydroxyl groups is 4. The van der Waals surface area contributed by atoms with Gasteiger partial charge < -0.3 is 34.6 Å². The lowest BCUT2D eigenvalue weighted by Crippen LogP contribution is -2.62. The molecule has 3 rings (SSSR count). The highest BCUT2D eigenvalue weighted by molar-refractivity contribution is 5.82. The summed E-state index contributed by atoms with van der Waals surface area (Å²) in [7, 11) is 0. The second-order valence-corrected chi connectivity index (χ2v) is 5.78. The molecule has 1 amide bonds. The molecular formula is C13H21N4O9+. The number of carbonyl (C=O) groups is 1. The molecule has 0 radical (unpaired) electrons. The number of nitrogens with one attached hydrogen (secondary N) is 1. The van der Waals surface area contributed by atoms with Crippen LogP contribution in [-0.2, 0) is 14.2 Å². The van der Waals surface area contributed by atoms with Gasteiger partial charge in [-0.3, -0.25) is 9.84 Å². The van der Waals surface area contributed by atoms with E-state index >= 15 is 0 Å². The molecule has 13 heteroatoms. The maximum Gasteiger partial charge on any atom is 0.416 e. The fourth-order valence-electron chi connectivity index (χ4n) is 2.59. The Kier molecular flexibility index (Phi) is 5.85. The van der Waals surface area contributed by atoms with Crippen LogP contribution in [0.2, 0.25) is 0 Å². The minimum absolute atomic E-state index is 0.0221. The average molecular weight is 377 g/mol. The third-order valence-electron chi connectivity index (χ3n) is 4.03. The van der Waals surface area contributed by atoms with Gasteiger partial charge in [-0.25, -0.2) is 4.79 Å². The molecule has 5 N–H and O–H groups in total. The van der Waals surface area contributed by atoms with E-state index in [-0.39, 0.29) is 5.88 Å². The zero-order chi connectivity index (χ0) is 18.7. The number of amides is 1. The molecule has 13 nitrogen and oxygen atoms in total. The van der Waals surface area contributed by atoms with Crippen LogP contribution in [0.4, 0.5) is 10.7 Å². The van der Waals surface area contributed by atoms with Crippen LogP contribution < -0.4 is 15.1 Å². The first kappa shape index (κ1) is 18.8. The molecule has 3 heterocycles. The molecule has 0 bridgehead atoms. The Labute approximate surface area is 147 Å². The van der Waals surface area contributed by atoms with Crippen molar-refractivity contribution in [3.05, 3.63) is 6.20 Å². The summed E-state index contributed by atoms with van der Waals surface area (Å²) < 4.78 is 20.1. The number of rotatable bonds is 4. The standard InChI is InChI=1S/C13H20N4O9/c18-6-7-9(19)10(20)11(21)12(24-7)25-13(22)14-8-5-17(15-26-8)16-1-3-23-4-2-16/h5,7,9-12,18-21H,1-4,6H2/p+1/t7-,9+,10+,11-,12+/m1/s1. The van der Waals surface area contributed by atoms with Gasteiger partial charge in [0.15, 0.2) is 0 Å². The Hall–Kier alpha value is -2.03. The monoisotopic (exact) mass is 377 g/mol. The first-order valence-corrected chi connectivity index (χ1v) is 7.99. The fourth-order valence-corrected chi connectivity index (χ4v) is 2.59. The zero-order valence-electron chi connectivity index (χ0n) is 13.7. The number of nitrogens with zero attached hydrogens (tertiary/aromatic N) is 3. The second kappa shape index (κ2) is 8.11. The van der Waals surface area contributed by atoms with Crippen LogP contribution in [0, 0.1) is 0 Å². The van der Waals surface area contributed by atoms with Crippen LogP contribution in [0.3, 0.4) is 0 Å². The topological polar surface area (TPSA) is 171 Å². The van der Waals surface area contributed by atoms with Crippen molar-refractivity contribution in [1.82, 2.24) is 5.27 Å². The van der Waals surface area contributed by atoms with Crippen LogP contribution in [0.1, 0.15) is 0 Å². The van der Waals surface area contributed by atoms with Gasteiger partial charge in [0, 0.05) is 0 Å². The molecule has 26 heavy (non-hydrogen) atoms. The predicted molar refractivity (Wildman–Crippen MR) is 79.3 cm³/mol. The minimum atomic E-state index is -1.69. The summed E-state index contributed by atoms with van der Waals surface area (Å²) in [5.74, 6) is -0.0221. The summed E-state index contributed by atoms with van der Waals surface area (Å²) in [6.07, 6.45) is -7.27. The van der Waals surface area contributed by atoms with E-state index < -0.39 is 43.4 Å². The molecule has 2 saturated heterocycles. The molecule has 1 aromatic heterocycles. The van der Waals surface area contributed by atoms with E-state index in [9.17, 15) is 20.1 Å². The maximum atomic E-state index is 11.9. The van der Waals surface area contributed by atoms with E-state index in [1.54, 1.807) is 0 Å². The predicted octanol–water partition coefficient (Wildman–Crippen LogP) is -3.72. The van der Waals surface area contributed by atoms with Crippen molar-refractivity contribution >= 4 is 12.0 Å². The highest BCUT2D eigenvalue weighted by atomic mass is 16.7. The van der Waals surface area contributed by atoms with Gasteiger partial charge in [-0.05, 0) is 0 Å². The molecule has 1 aromatic rings. The van der Waals surface area contributed by atoms with E-state index in [0.29, 0.717) is 26.3 Å². The quantitative estimate of drug-likeness (QED) is 0.327. The summed E-state index contributed by atoms with van der Waals surface area (Å²) >= 11 is 0. The van der Waals surface area contributed by atoms with Gasteiger partial charge in [0.05, 0.1) is 37.7 Å². The molecule has 0 saturated carbocycles. The minimum Gasteiger partial charge on any atom is -0.416 e. The second-order valence-electron chi connectivity index (χ2n) is 5.78. The third kappa shape index (κ3) is 4.03. The van der Waals surface area contributed by atoms with Gasteiger partial charge in [0.25, 0.3) is 6.20 Å². The molecule has 5 atom stereocenters. The van der Waals surface area contributed by atoms with Gasteiger partial charge in [0.1, 0.15) is 24.4 Å². The van der Waals surface area contributed by atoms with Crippen LogP contribution in [-0.4, -0.2) is 95.4 Å². The van der Waals surface area contributed by atoms with Crippen LogP contribution in [0.15, 0.2) is 10.7 Å². The summed E-state index contributed by atoms with van der Waals surface area (Å²) in [4.78, 5) is 13.3. The fraction of sp³-hybridized carbons (Fsp3) is 0.769. The van der Waals surface area contributed by atoms with E-state index in [1.165, 1.54) is 11.0 Å². The number of morpholine rings is 1. The highest BCUT2D eigenvalue weighted by Crippen LogP contribution is 2.22. The van der Waals surface area contributed by atoms with Gasteiger partial charge in [0.2, 0.25) is 11.6 Å². The molecule has 2 fully saturated rings. The van der Waals surface area contributed by atoms with Gasteiger partial charge in [-0.1, -0.05) is 0 Å². The zero-order valence-corrected chi connectivity index (χ0v) is 13.7. The highest BCUT2D eigenvalue weighted by Gasteiger charge is 2.45.